The van der Waals surface area contributed by atoms with Crippen LogP contribution in [0.25, 0.3) is 0 Å². The van der Waals surface area contributed by atoms with Crippen molar-refractivity contribution in [2.24, 2.45) is 0 Å². The second kappa shape index (κ2) is 7.43. The molecule has 2 amide bonds. The molecule has 2 aliphatic heterocycles. The lowest BCUT2D eigenvalue weighted by Crippen LogP contribution is -2.57. The van der Waals surface area contributed by atoms with Crippen LogP contribution >= 0.6 is 0 Å². The lowest BCUT2D eigenvalue weighted by atomic mass is 9.97. The SMILES string of the molecule is CCN1c2cc(C(=O)NCc3ccccc3)ccc2C(=O)N2CCCCC21. The van der Waals surface area contributed by atoms with E-state index in [2.05, 4.69) is 17.1 Å². The Labute approximate surface area is 160 Å². The molecule has 0 radical (unpaired) electrons. The lowest BCUT2D eigenvalue weighted by Gasteiger charge is -2.47. The lowest BCUT2D eigenvalue weighted by molar-refractivity contribution is 0.0582. The summed E-state index contributed by atoms with van der Waals surface area (Å²) >= 11 is 0. The van der Waals surface area contributed by atoms with Gasteiger partial charge in [-0.25, -0.2) is 0 Å². The molecular weight excluding hydrogens is 338 g/mol. The van der Waals surface area contributed by atoms with E-state index in [9.17, 15) is 9.59 Å². The van der Waals surface area contributed by atoms with Gasteiger partial charge >= 0.3 is 0 Å². The first-order valence-corrected chi connectivity index (χ1v) is 9.73. The predicted molar refractivity (Wildman–Crippen MR) is 106 cm³/mol. The Bertz CT molecular complexity index is 850. The van der Waals surface area contributed by atoms with E-state index in [-0.39, 0.29) is 18.0 Å². The van der Waals surface area contributed by atoms with E-state index in [1.165, 1.54) is 0 Å². The Morgan fingerprint density at radius 2 is 1.96 bits per heavy atom. The molecule has 1 N–H and O–H groups in total. The molecule has 5 heteroatoms. The number of amides is 2. The number of nitrogens with zero attached hydrogens (tertiary/aromatic N) is 2. The molecule has 2 aliphatic rings. The summed E-state index contributed by atoms with van der Waals surface area (Å²) in [6.45, 7) is 4.23. The van der Waals surface area contributed by atoms with Gasteiger partial charge < -0.3 is 15.1 Å². The Balaban J connectivity index is 1.58. The smallest absolute Gasteiger partial charge is 0.257 e. The van der Waals surface area contributed by atoms with Crippen molar-refractivity contribution in [2.75, 3.05) is 18.0 Å². The highest BCUT2D eigenvalue weighted by molar-refractivity contribution is 6.04. The average Bonchev–Trinajstić information content (AvgIpc) is 2.73. The van der Waals surface area contributed by atoms with Gasteiger partial charge in [-0.3, -0.25) is 9.59 Å². The number of hydrogen-bond acceptors (Lipinski definition) is 3. The Hall–Kier alpha value is -2.82. The molecule has 1 unspecified atom stereocenters. The van der Waals surface area contributed by atoms with Gasteiger partial charge in [0, 0.05) is 25.2 Å². The van der Waals surface area contributed by atoms with Crippen molar-refractivity contribution in [3.05, 3.63) is 65.2 Å². The van der Waals surface area contributed by atoms with Crippen LogP contribution in [0.15, 0.2) is 48.5 Å². The number of rotatable bonds is 4. The van der Waals surface area contributed by atoms with Crippen molar-refractivity contribution >= 4 is 17.5 Å². The summed E-state index contributed by atoms with van der Waals surface area (Å²) in [5, 5.41) is 2.97. The maximum Gasteiger partial charge on any atom is 0.257 e. The van der Waals surface area contributed by atoms with Crippen molar-refractivity contribution in [3.63, 3.8) is 0 Å². The number of hydrogen-bond donors (Lipinski definition) is 1. The summed E-state index contributed by atoms with van der Waals surface area (Å²) in [5.41, 5.74) is 3.25. The molecule has 1 saturated heterocycles. The number of piperidine rings is 1. The van der Waals surface area contributed by atoms with E-state index in [1.54, 1.807) is 6.07 Å². The third-order valence-corrected chi connectivity index (χ3v) is 5.53. The molecule has 140 valence electrons. The quantitative estimate of drug-likeness (QED) is 0.906. The number of carbonyl (C=O) groups is 2. The van der Waals surface area contributed by atoms with Gasteiger partial charge in [0.05, 0.1) is 11.3 Å². The second-order valence-corrected chi connectivity index (χ2v) is 7.16. The Morgan fingerprint density at radius 1 is 1.15 bits per heavy atom. The van der Waals surface area contributed by atoms with Crippen LogP contribution in [-0.2, 0) is 6.54 Å². The van der Waals surface area contributed by atoms with Gasteiger partial charge in [-0.15, -0.1) is 0 Å². The zero-order chi connectivity index (χ0) is 18.8. The largest absolute Gasteiger partial charge is 0.351 e. The molecule has 1 atom stereocenters. The van der Waals surface area contributed by atoms with Gasteiger partial charge in [0.25, 0.3) is 11.8 Å². The third-order valence-electron chi connectivity index (χ3n) is 5.53. The monoisotopic (exact) mass is 363 g/mol. The number of nitrogens with one attached hydrogen (secondary N) is 1. The molecule has 0 aliphatic carbocycles. The highest BCUT2D eigenvalue weighted by Gasteiger charge is 2.38. The number of benzene rings is 2. The third kappa shape index (κ3) is 3.29. The van der Waals surface area contributed by atoms with Gasteiger partial charge in [-0.1, -0.05) is 30.3 Å². The molecule has 0 aromatic heterocycles. The molecule has 0 spiro atoms. The van der Waals surface area contributed by atoms with Crippen LogP contribution in [0, 0.1) is 0 Å². The van der Waals surface area contributed by atoms with E-state index in [1.807, 2.05) is 47.4 Å². The molecule has 2 aromatic rings. The van der Waals surface area contributed by atoms with E-state index < -0.39 is 0 Å². The Kier molecular flexibility index (Phi) is 4.84. The zero-order valence-electron chi connectivity index (χ0n) is 15.6. The summed E-state index contributed by atoms with van der Waals surface area (Å²) in [6, 6.07) is 15.3. The van der Waals surface area contributed by atoms with E-state index in [0.29, 0.717) is 17.7 Å². The highest BCUT2D eigenvalue weighted by Crippen LogP contribution is 2.35. The minimum Gasteiger partial charge on any atom is -0.351 e. The van der Waals surface area contributed by atoms with Crippen molar-refractivity contribution in [1.29, 1.82) is 0 Å². The van der Waals surface area contributed by atoms with Gasteiger partial charge in [-0.2, -0.15) is 0 Å². The molecule has 5 nitrogen and oxygen atoms in total. The molecule has 2 aromatic carbocycles. The molecule has 1 fully saturated rings. The van der Waals surface area contributed by atoms with Gasteiger partial charge in [0.1, 0.15) is 6.17 Å². The van der Waals surface area contributed by atoms with Crippen molar-refractivity contribution in [1.82, 2.24) is 10.2 Å². The predicted octanol–water partition coefficient (Wildman–Crippen LogP) is 3.41. The normalized spacial score (nSPS) is 18.7. The number of fused-ring (bicyclic) bond motifs is 2. The van der Waals surface area contributed by atoms with Crippen LogP contribution < -0.4 is 10.2 Å². The number of carbonyl (C=O) groups excluding carboxylic acids is 2. The molecule has 2 heterocycles. The average molecular weight is 363 g/mol. The number of anilines is 1. The zero-order valence-corrected chi connectivity index (χ0v) is 15.6. The first-order valence-electron chi connectivity index (χ1n) is 9.73. The summed E-state index contributed by atoms with van der Waals surface area (Å²) < 4.78 is 0. The molecule has 4 rings (SSSR count). The van der Waals surface area contributed by atoms with Crippen LogP contribution in [0.1, 0.15) is 52.5 Å². The van der Waals surface area contributed by atoms with Gasteiger partial charge in [0.2, 0.25) is 0 Å². The van der Waals surface area contributed by atoms with Crippen LogP contribution in [0.3, 0.4) is 0 Å². The van der Waals surface area contributed by atoms with Crippen LogP contribution in [-0.4, -0.2) is 36.0 Å². The topological polar surface area (TPSA) is 52.7 Å². The van der Waals surface area contributed by atoms with Crippen LogP contribution in [0.4, 0.5) is 5.69 Å². The first-order chi connectivity index (χ1) is 13.2. The Morgan fingerprint density at radius 3 is 2.74 bits per heavy atom. The van der Waals surface area contributed by atoms with E-state index in [0.717, 1.165) is 43.6 Å². The van der Waals surface area contributed by atoms with Gasteiger partial charge in [-0.05, 0) is 49.9 Å². The fourth-order valence-corrected chi connectivity index (χ4v) is 4.14. The standard InChI is InChI=1S/C22H25N3O2/c1-2-24-19-14-17(21(26)23-15-16-8-4-3-5-9-16)11-12-18(19)22(27)25-13-7-6-10-20(24)25/h3-5,8-9,11-12,14,20H,2,6-7,10,13,15H2,1H3,(H,23,26). The minimum absolute atomic E-state index is 0.0932. The van der Waals surface area contributed by atoms with Crippen molar-refractivity contribution in [3.8, 4) is 0 Å². The summed E-state index contributed by atoms with van der Waals surface area (Å²) in [4.78, 5) is 29.8. The maximum atomic E-state index is 12.9. The molecule has 0 saturated carbocycles. The molecular formula is C22H25N3O2. The summed E-state index contributed by atoms with van der Waals surface area (Å²) in [5.74, 6) is -0.0214. The van der Waals surface area contributed by atoms with Crippen molar-refractivity contribution < 1.29 is 9.59 Å². The molecule has 27 heavy (non-hydrogen) atoms. The summed E-state index contributed by atoms with van der Waals surface area (Å²) in [7, 11) is 0. The van der Waals surface area contributed by atoms with Gasteiger partial charge in [0.15, 0.2) is 0 Å². The van der Waals surface area contributed by atoms with E-state index >= 15 is 0 Å². The fraction of sp³-hybridized carbons (Fsp3) is 0.364. The second-order valence-electron chi connectivity index (χ2n) is 7.16. The minimum atomic E-state index is -0.115. The van der Waals surface area contributed by atoms with Crippen molar-refractivity contribution in [2.45, 2.75) is 38.9 Å². The summed E-state index contributed by atoms with van der Waals surface area (Å²) in [6.07, 6.45) is 3.31. The maximum absolute atomic E-state index is 12.9. The molecule has 0 bridgehead atoms. The van der Waals surface area contributed by atoms with E-state index in [4.69, 9.17) is 0 Å². The van der Waals surface area contributed by atoms with Crippen LogP contribution in [0.2, 0.25) is 0 Å². The first kappa shape index (κ1) is 17.6. The fourth-order valence-electron chi connectivity index (χ4n) is 4.14. The highest BCUT2D eigenvalue weighted by atomic mass is 16.2. The van der Waals surface area contributed by atoms with Crippen LogP contribution in [0.5, 0.6) is 0 Å².